The summed E-state index contributed by atoms with van der Waals surface area (Å²) in [7, 11) is 0. The van der Waals surface area contributed by atoms with E-state index in [-0.39, 0.29) is 11.8 Å². The van der Waals surface area contributed by atoms with Gasteiger partial charge in [0.05, 0.1) is 17.8 Å². The van der Waals surface area contributed by atoms with Crippen LogP contribution in [-0.4, -0.2) is 30.0 Å². The molecule has 92 valence electrons. The molecule has 3 rings (SSSR count). The average Bonchev–Trinajstić information content (AvgIpc) is 3.12. The smallest absolute Gasteiger partial charge is 0.226 e. The van der Waals surface area contributed by atoms with Crippen LogP contribution in [0.3, 0.4) is 0 Å². The number of carbonyl (C=O) groups excluding carboxylic acids is 1. The van der Waals surface area contributed by atoms with Gasteiger partial charge in [-0.25, -0.2) is 4.98 Å². The Kier molecular flexibility index (Phi) is 2.63. The molecule has 1 aromatic rings. The molecule has 1 aliphatic heterocycles. The molecule has 1 saturated heterocycles. The Morgan fingerprint density at radius 2 is 2.22 bits per heavy atom. The van der Waals surface area contributed by atoms with Gasteiger partial charge in [-0.1, -0.05) is 0 Å². The molecule has 0 spiro atoms. The number of nitrogens with zero attached hydrogens (tertiary/aromatic N) is 3. The largest absolute Gasteiger partial charge is 0.369 e. The lowest BCUT2D eigenvalue weighted by atomic mass is 9.98. The summed E-state index contributed by atoms with van der Waals surface area (Å²) in [6.07, 6.45) is 3.94. The van der Waals surface area contributed by atoms with E-state index in [0.717, 1.165) is 31.6 Å². The summed E-state index contributed by atoms with van der Waals surface area (Å²) < 4.78 is 0. The van der Waals surface area contributed by atoms with Gasteiger partial charge >= 0.3 is 0 Å². The Hall–Kier alpha value is -2.09. The Labute approximate surface area is 105 Å². The van der Waals surface area contributed by atoms with E-state index in [0.29, 0.717) is 11.7 Å². The first-order valence-electron chi connectivity index (χ1n) is 6.18. The highest BCUT2D eigenvalue weighted by molar-refractivity contribution is 5.82. The van der Waals surface area contributed by atoms with Gasteiger partial charge in [-0.15, -0.1) is 0 Å². The molecule has 18 heavy (non-hydrogen) atoms. The summed E-state index contributed by atoms with van der Waals surface area (Å²) in [5, 5.41) is 11.7. The zero-order chi connectivity index (χ0) is 12.5. The van der Waals surface area contributed by atoms with Crippen molar-refractivity contribution in [3.05, 3.63) is 24.0 Å². The lowest BCUT2D eigenvalue weighted by Gasteiger charge is -2.39. The minimum Gasteiger partial charge on any atom is -0.369 e. The SMILES string of the molecule is N#Cc1ccc(N2CC(C(=O)NC3CC3)C2)cn1. The fourth-order valence-electron chi connectivity index (χ4n) is 2.04. The third-order valence-corrected chi connectivity index (χ3v) is 3.40. The van der Waals surface area contributed by atoms with Gasteiger partial charge in [0.2, 0.25) is 5.91 Å². The quantitative estimate of drug-likeness (QED) is 0.845. The van der Waals surface area contributed by atoms with Crippen LogP contribution in [0.2, 0.25) is 0 Å². The highest BCUT2D eigenvalue weighted by Gasteiger charge is 2.35. The number of rotatable bonds is 3. The van der Waals surface area contributed by atoms with Crippen LogP contribution >= 0.6 is 0 Å². The highest BCUT2D eigenvalue weighted by Crippen LogP contribution is 2.25. The highest BCUT2D eigenvalue weighted by atomic mass is 16.2. The third-order valence-electron chi connectivity index (χ3n) is 3.40. The van der Waals surface area contributed by atoms with Crippen molar-refractivity contribution in [1.82, 2.24) is 10.3 Å². The first kappa shape index (κ1) is 11.0. The van der Waals surface area contributed by atoms with Crippen molar-refractivity contribution < 1.29 is 4.79 Å². The third kappa shape index (κ3) is 2.14. The van der Waals surface area contributed by atoms with Crippen molar-refractivity contribution in [2.75, 3.05) is 18.0 Å². The van der Waals surface area contributed by atoms with Gasteiger partial charge in [-0.2, -0.15) is 5.26 Å². The van der Waals surface area contributed by atoms with Crippen LogP contribution < -0.4 is 10.2 Å². The number of aromatic nitrogens is 1. The second-order valence-electron chi connectivity index (χ2n) is 4.90. The zero-order valence-electron chi connectivity index (χ0n) is 9.97. The van der Waals surface area contributed by atoms with E-state index < -0.39 is 0 Å². The Bertz CT molecular complexity index is 495. The fraction of sp³-hybridized carbons (Fsp3) is 0.462. The molecule has 2 heterocycles. The minimum absolute atomic E-state index is 0.0984. The minimum atomic E-state index is 0.0984. The van der Waals surface area contributed by atoms with Crippen LogP contribution in [0.4, 0.5) is 5.69 Å². The molecule has 2 aliphatic rings. The Balaban J connectivity index is 1.54. The second kappa shape index (κ2) is 4.30. The van der Waals surface area contributed by atoms with Crippen molar-refractivity contribution >= 4 is 11.6 Å². The maximum Gasteiger partial charge on any atom is 0.226 e. The number of hydrogen-bond donors (Lipinski definition) is 1. The van der Waals surface area contributed by atoms with Gasteiger partial charge in [0.1, 0.15) is 11.8 Å². The Morgan fingerprint density at radius 3 is 2.78 bits per heavy atom. The number of amides is 1. The van der Waals surface area contributed by atoms with Crippen molar-refractivity contribution in [3.63, 3.8) is 0 Å². The standard InChI is InChI=1S/C13H14N4O/c14-5-11-3-4-12(6-15-11)17-7-9(8-17)13(18)16-10-1-2-10/h3-4,6,9-10H,1-2,7-8H2,(H,16,18). The molecule has 0 atom stereocenters. The van der Waals surface area contributed by atoms with Gasteiger partial charge in [-0.05, 0) is 25.0 Å². The van der Waals surface area contributed by atoms with E-state index in [9.17, 15) is 4.79 Å². The molecule has 1 aromatic heterocycles. The van der Waals surface area contributed by atoms with E-state index in [1.165, 1.54) is 0 Å². The summed E-state index contributed by atoms with van der Waals surface area (Å²) in [6, 6.07) is 6.00. The monoisotopic (exact) mass is 242 g/mol. The van der Waals surface area contributed by atoms with E-state index in [1.807, 2.05) is 12.1 Å². The number of nitrogens with one attached hydrogen (secondary N) is 1. The molecule has 2 fully saturated rings. The first-order valence-corrected chi connectivity index (χ1v) is 6.18. The maximum absolute atomic E-state index is 11.8. The lowest BCUT2D eigenvalue weighted by molar-refractivity contribution is -0.125. The summed E-state index contributed by atoms with van der Waals surface area (Å²) in [6.45, 7) is 1.48. The summed E-state index contributed by atoms with van der Waals surface area (Å²) in [4.78, 5) is 17.9. The van der Waals surface area contributed by atoms with Crippen LogP contribution in [0.1, 0.15) is 18.5 Å². The molecule has 1 N–H and O–H groups in total. The van der Waals surface area contributed by atoms with Crippen molar-refractivity contribution in [3.8, 4) is 6.07 Å². The van der Waals surface area contributed by atoms with Gasteiger partial charge < -0.3 is 10.2 Å². The molecule has 1 aliphatic carbocycles. The number of pyridine rings is 1. The molecule has 0 radical (unpaired) electrons. The molecule has 0 aromatic carbocycles. The molecular formula is C13H14N4O. The van der Waals surface area contributed by atoms with Crippen LogP contribution in [0.25, 0.3) is 0 Å². The molecule has 1 amide bonds. The van der Waals surface area contributed by atoms with E-state index in [1.54, 1.807) is 12.3 Å². The predicted molar refractivity (Wildman–Crippen MR) is 65.8 cm³/mol. The van der Waals surface area contributed by atoms with Crippen molar-refractivity contribution in [1.29, 1.82) is 5.26 Å². The lowest BCUT2D eigenvalue weighted by Crippen LogP contribution is -2.54. The zero-order valence-corrected chi connectivity index (χ0v) is 9.97. The van der Waals surface area contributed by atoms with E-state index in [4.69, 9.17) is 5.26 Å². The first-order chi connectivity index (χ1) is 8.76. The topological polar surface area (TPSA) is 69.0 Å². The summed E-state index contributed by atoms with van der Waals surface area (Å²) >= 11 is 0. The fourth-order valence-corrected chi connectivity index (χ4v) is 2.04. The number of anilines is 1. The second-order valence-corrected chi connectivity index (χ2v) is 4.90. The van der Waals surface area contributed by atoms with E-state index >= 15 is 0 Å². The van der Waals surface area contributed by atoms with Crippen molar-refractivity contribution in [2.24, 2.45) is 5.92 Å². The predicted octanol–water partition coefficient (Wildman–Crippen LogP) is 0.668. The molecule has 0 unspecified atom stereocenters. The number of hydrogen-bond acceptors (Lipinski definition) is 4. The van der Waals surface area contributed by atoms with Crippen LogP contribution in [0.15, 0.2) is 18.3 Å². The number of carbonyl (C=O) groups is 1. The molecular weight excluding hydrogens is 228 g/mol. The number of nitriles is 1. The van der Waals surface area contributed by atoms with Crippen LogP contribution in [-0.2, 0) is 4.79 Å². The average molecular weight is 242 g/mol. The normalized spacial score (nSPS) is 18.9. The van der Waals surface area contributed by atoms with E-state index in [2.05, 4.69) is 15.2 Å². The van der Waals surface area contributed by atoms with Gasteiger partial charge in [-0.3, -0.25) is 4.79 Å². The van der Waals surface area contributed by atoms with Gasteiger partial charge in [0.25, 0.3) is 0 Å². The molecule has 5 nitrogen and oxygen atoms in total. The maximum atomic E-state index is 11.8. The molecule has 0 bridgehead atoms. The molecule has 5 heteroatoms. The van der Waals surface area contributed by atoms with Gasteiger partial charge in [0, 0.05) is 19.1 Å². The summed E-state index contributed by atoms with van der Waals surface area (Å²) in [5.74, 6) is 0.275. The van der Waals surface area contributed by atoms with Crippen LogP contribution in [0.5, 0.6) is 0 Å². The molecule has 1 saturated carbocycles. The Morgan fingerprint density at radius 1 is 1.44 bits per heavy atom. The van der Waals surface area contributed by atoms with Crippen LogP contribution in [0, 0.1) is 17.2 Å². The summed E-state index contributed by atoms with van der Waals surface area (Å²) in [5.41, 5.74) is 1.40. The van der Waals surface area contributed by atoms with Gasteiger partial charge in [0.15, 0.2) is 0 Å². The van der Waals surface area contributed by atoms with Crippen molar-refractivity contribution in [2.45, 2.75) is 18.9 Å².